The molecule has 2 amide bonds. The van der Waals surface area contributed by atoms with Crippen LogP contribution in [-0.2, 0) is 9.47 Å². The second-order valence-corrected chi connectivity index (χ2v) is 12.3. The highest BCUT2D eigenvalue weighted by atomic mass is 35.5. The summed E-state index contributed by atoms with van der Waals surface area (Å²) in [4.78, 5) is 32.3. The van der Waals surface area contributed by atoms with Crippen molar-refractivity contribution in [3.05, 3.63) is 39.8 Å². The molecule has 1 aliphatic heterocycles. The Morgan fingerprint density at radius 3 is 2.56 bits per heavy atom. The van der Waals surface area contributed by atoms with E-state index in [0.717, 1.165) is 29.7 Å². The lowest BCUT2D eigenvalue weighted by molar-refractivity contribution is 0.0586. The number of aryl methyl sites for hydroxylation is 1. The first-order valence-electron chi connectivity index (χ1n) is 14.0. The summed E-state index contributed by atoms with van der Waals surface area (Å²) in [5, 5.41) is 25.2. The minimum atomic E-state index is -1.09. The highest BCUT2D eigenvalue weighted by Crippen LogP contribution is 2.39. The van der Waals surface area contributed by atoms with Gasteiger partial charge in [0.25, 0.3) is 0 Å². The third-order valence-electron chi connectivity index (χ3n) is 7.51. The number of fused-ring (bicyclic) bond motifs is 1. The van der Waals surface area contributed by atoms with Gasteiger partial charge in [-0.3, -0.25) is 4.90 Å². The maximum atomic E-state index is 13.1. The molecule has 2 fully saturated rings. The number of carbonyl (C=O) groups excluding carboxylic acids is 1. The van der Waals surface area contributed by atoms with E-state index in [2.05, 4.69) is 27.6 Å². The predicted octanol–water partition coefficient (Wildman–Crippen LogP) is 5.11. The van der Waals surface area contributed by atoms with Crippen molar-refractivity contribution in [2.24, 2.45) is 0 Å². The standard InChI is InChI=1S/C30H34ClN7O5/c1-17-33-25-11-18(23(31)13-26(25)37(17)19-8-9-19)7-10-24-22(14-32)27(35(5)29(41)43-30(2,3)4)38(34-24)20-12-21(16-42-6)36(15-20)28(39)40/h11,13,19-21H,8-9,12,15-16H2,1-6H3,(H,39,40)/t20-,21+/m0/s1. The number of hydrogen-bond donors (Lipinski definition) is 1. The quantitative estimate of drug-likeness (QED) is 0.395. The largest absolute Gasteiger partial charge is 0.465 e. The number of nitriles is 1. The van der Waals surface area contributed by atoms with Crippen molar-refractivity contribution in [3.8, 4) is 17.9 Å². The van der Waals surface area contributed by atoms with Crippen molar-refractivity contribution in [3.63, 3.8) is 0 Å². The molecule has 0 spiro atoms. The molecule has 43 heavy (non-hydrogen) atoms. The molecule has 0 unspecified atom stereocenters. The Balaban J connectivity index is 1.58. The molecule has 1 N–H and O–H groups in total. The predicted molar refractivity (Wildman–Crippen MR) is 159 cm³/mol. The number of rotatable bonds is 5. The van der Waals surface area contributed by atoms with E-state index in [1.807, 2.05) is 19.1 Å². The molecule has 0 bridgehead atoms. The number of carbonyl (C=O) groups is 2. The molecule has 2 aliphatic rings. The monoisotopic (exact) mass is 607 g/mol. The number of nitrogens with zero attached hydrogens (tertiary/aromatic N) is 7. The first-order valence-corrected chi connectivity index (χ1v) is 14.4. The Morgan fingerprint density at radius 2 is 1.95 bits per heavy atom. The Morgan fingerprint density at radius 1 is 1.23 bits per heavy atom. The summed E-state index contributed by atoms with van der Waals surface area (Å²) in [6.07, 6.45) is 0.802. The van der Waals surface area contributed by atoms with E-state index in [0.29, 0.717) is 23.0 Å². The summed E-state index contributed by atoms with van der Waals surface area (Å²) in [7, 11) is 2.99. The van der Waals surface area contributed by atoms with Crippen molar-refractivity contribution in [2.45, 2.75) is 70.7 Å². The second kappa shape index (κ2) is 11.4. The van der Waals surface area contributed by atoms with Gasteiger partial charge in [0, 0.05) is 32.3 Å². The van der Waals surface area contributed by atoms with Crippen LogP contribution in [0.4, 0.5) is 15.4 Å². The van der Waals surface area contributed by atoms with Gasteiger partial charge < -0.3 is 24.0 Å². The van der Waals surface area contributed by atoms with Crippen LogP contribution in [0, 0.1) is 30.1 Å². The fourth-order valence-corrected chi connectivity index (χ4v) is 5.72. The molecule has 3 aromatic rings. The summed E-state index contributed by atoms with van der Waals surface area (Å²) in [6, 6.07) is 5.35. The molecule has 12 nitrogen and oxygen atoms in total. The van der Waals surface area contributed by atoms with Gasteiger partial charge >= 0.3 is 12.2 Å². The molecule has 1 saturated carbocycles. The smallest absolute Gasteiger partial charge is 0.415 e. The molecule has 1 saturated heterocycles. The lowest BCUT2D eigenvalue weighted by Gasteiger charge is -2.26. The lowest BCUT2D eigenvalue weighted by Crippen LogP contribution is -2.37. The Labute approximate surface area is 254 Å². The van der Waals surface area contributed by atoms with Gasteiger partial charge in [-0.2, -0.15) is 10.4 Å². The number of ether oxygens (including phenoxy) is 2. The molecule has 13 heteroatoms. The number of carboxylic acid groups (broad SMARTS) is 1. The van der Waals surface area contributed by atoms with Crippen LogP contribution in [0.15, 0.2) is 12.1 Å². The molecule has 3 heterocycles. The zero-order chi connectivity index (χ0) is 31.2. The van der Waals surface area contributed by atoms with Gasteiger partial charge in [-0.25, -0.2) is 19.3 Å². The molecule has 0 radical (unpaired) electrons. The van der Waals surface area contributed by atoms with E-state index >= 15 is 0 Å². The minimum absolute atomic E-state index is 0.0592. The molecule has 226 valence electrons. The number of halogens is 1. The van der Waals surface area contributed by atoms with E-state index in [1.54, 1.807) is 20.8 Å². The first-order chi connectivity index (χ1) is 20.3. The molecule has 5 rings (SSSR count). The molecule has 1 aliphatic carbocycles. The van der Waals surface area contributed by atoms with E-state index in [1.165, 1.54) is 28.6 Å². The van der Waals surface area contributed by atoms with Crippen LogP contribution in [-0.4, -0.2) is 80.5 Å². The molecule has 1 aromatic carbocycles. The number of hydrogen-bond acceptors (Lipinski definition) is 7. The highest BCUT2D eigenvalue weighted by molar-refractivity contribution is 6.32. The molecular weight excluding hydrogens is 574 g/mol. The van der Waals surface area contributed by atoms with Crippen LogP contribution < -0.4 is 4.90 Å². The molecular formula is C30H34ClN7O5. The minimum Gasteiger partial charge on any atom is -0.465 e. The molecule has 2 atom stereocenters. The van der Waals surface area contributed by atoms with Gasteiger partial charge in [0.2, 0.25) is 0 Å². The van der Waals surface area contributed by atoms with Gasteiger partial charge in [0.15, 0.2) is 11.5 Å². The van der Waals surface area contributed by atoms with Gasteiger partial charge in [-0.15, -0.1) is 0 Å². The van der Waals surface area contributed by atoms with Gasteiger partial charge in [0.05, 0.1) is 34.7 Å². The number of aromatic nitrogens is 4. The maximum absolute atomic E-state index is 13.1. The van der Waals surface area contributed by atoms with Crippen molar-refractivity contribution in [1.82, 2.24) is 24.2 Å². The van der Waals surface area contributed by atoms with E-state index in [4.69, 9.17) is 26.1 Å². The van der Waals surface area contributed by atoms with Crippen LogP contribution in [0.5, 0.6) is 0 Å². The number of imidazole rings is 1. The molecule has 2 aromatic heterocycles. The number of anilines is 1. The number of benzene rings is 1. The van der Waals surface area contributed by atoms with E-state index < -0.39 is 29.9 Å². The van der Waals surface area contributed by atoms with Crippen molar-refractivity contribution < 1.29 is 24.2 Å². The van der Waals surface area contributed by atoms with Crippen molar-refractivity contribution in [1.29, 1.82) is 5.26 Å². The Kier molecular flexibility index (Phi) is 8.03. The fourth-order valence-electron chi connectivity index (χ4n) is 5.51. The lowest BCUT2D eigenvalue weighted by atomic mass is 10.1. The van der Waals surface area contributed by atoms with E-state index in [9.17, 15) is 20.0 Å². The third kappa shape index (κ3) is 5.99. The zero-order valence-corrected chi connectivity index (χ0v) is 25.8. The van der Waals surface area contributed by atoms with Crippen LogP contribution in [0.3, 0.4) is 0 Å². The van der Waals surface area contributed by atoms with Gasteiger partial charge in [0.1, 0.15) is 23.1 Å². The normalized spacial score (nSPS) is 18.3. The number of methoxy groups -OCH3 is 1. The second-order valence-electron chi connectivity index (χ2n) is 11.9. The Bertz CT molecular complexity index is 1700. The van der Waals surface area contributed by atoms with E-state index in [-0.39, 0.29) is 30.2 Å². The van der Waals surface area contributed by atoms with Crippen molar-refractivity contribution in [2.75, 3.05) is 32.2 Å². The summed E-state index contributed by atoms with van der Waals surface area (Å²) in [5.74, 6) is 7.10. The zero-order valence-electron chi connectivity index (χ0n) is 25.0. The highest BCUT2D eigenvalue weighted by Gasteiger charge is 2.40. The summed E-state index contributed by atoms with van der Waals surface area (Å²) >= 11 is 6.66. The summed E-state index contributed by atoms with van der Waals surface area (Å²) < 4.78 is 14.5. The van der Waals surface area contributed by atoms with Crippen LogP contribution in [0.1, 0.15) is 74.8 Å². The van der Waals surface area contributed by atoms with Crippen LogP contribution >= 0.6 is 11.6 Å². The van der Waals surface area contributed by atoms with Crippen LogP contribution in [0.2, 0.25) is 5.02 Å². The number of likely N-dealkylation sites (tertiary alicyclic amines) is 1. The average molecular weight is 608 g/mol. The summed E-state index contributed by atoms with van der Waals surface area (Å²) in [5.41, 5.74) is 1.65. The average Bonchev–Trinajstić information content (AvgIpc) is 3.42. The first kappa shape index (κ1) is 30.2. The van der Waals surface area contributed by atoms with Gasteiger partial charge in [-0.1, -0.05) is 17.5 Å². The summed E-state index contributed by atoms with van der Waals surface area (Å²) in [6.45, 7) is 7.47. The van der Waals surface area contributed by atoms with Crippen LogP contribution in [0.25, 0.3) is 11.0 Å². The van der Waals surface area contributed by atoms with Gasteiger partial charge in [-0.05, 0) is 65.0 Å². The fraction of sp³-hybridized carbons (Fsp3) is 0.500. The number of amides is 2. The topological polar surface area (TPSA) is 139 Å². The Hall–Kier alpha value is -4.26. The third-order valence-corrected chi connectivity index (χ3v) is 7.82. The SMILES string of the molecule is COC[C@H]1C[C@H](n2nc(C#Cc3cc4nc(C)n(C5CC5)c4cc3Cl)c(C#N)c2N(C)C(=O)OC(C)(C)C)CN1C(=O)O. The van der Waals surface area contributed by atoms with Crippen molar-refractivity contribution >= 4 is 40.6 Å². The maximum Gasteiger partial charge on any atom is 0.415 e.